The summed E-state index contributed by atoms with van der Waals surface area (Å²) in [6.45, 7) is 4.53. The van der Waals surface area contributed by atoms with Gasteiger partial charge >= 0.3 is 0 Å². The molecular weight excluding hydrogens is 444 g/mol. The van der Waals surface area contributed by atoms with Crippen LogP contribution in [0.2, 0.25) is 0 Å². The second-order valence-corrected chi connectivity index (χ2v) is 9.28. The summed E-state index contributed by atoms with van der Waals surface area (Å²) in [4.78, 5) is 0. The highest BCUT2D eigenvalue weighted by Crippen LogP contribution is 2.42. The number of benzene rings is 4. The maximum Gasteiger partial charge on any atom is 0.127 e. The summed E-state index contributed by atoms with van der Waals surface area (Å²) < 4.78 is 12.1. The maximum absolute atomic E-state index is 6.04. The lowest BCUT2D eigenvalue weighted by Gasteiger charge is -2.35. The van der Waals surface area contributed by atoms with E-state index in [1.165, 1.54) is 30.4 Å². The molecule has 0 aliphatic rings. The lowest BCUT2D eigenvalue weighted by molar-refractivity contribution is 0.428. The van der Waals surface area contributed by atoms with Crippen LogP contribution >= 0.6 is 0 Å². The van der Waals surface area contributed by atoms with E-state index in [-0.39, 0.29) is 5.41 Å². The number of ether oxygens (including phenoxy) is 2. The van der Waals surface area contributed by atoms with Gasteiger partial charge in [0, 0.05) is 16.8 Å². The van der Waals surface area contributed by atoms with Gasteiger partial charge < -0.3 is 20.9 Å². The topological polar surface area (TPSA) is 70.5 Å². The Hall–Kier alpha value is -3.92. The number of rotatable bonds is 11. The molecule has 0 amide bonds. The van der Waals surface area contributed by atoms with Crippen LogP contribution in [0.25, 0.3) is 0 Å². The highest BCUT2D eigenvalue weighted by molar-refractivity contribution is 5.47. The van der Waals surface area contributed by atoms with Crippen molar-refractivity contribution in [3.8, 4) is 23.0 Å². The van der Waals surface area contributed by atoms with Crippen molar-refractivity contribution in [1.29, 1.82) is 0 Å². The highest BCUT2D eigenvalue weighted by Gasteiger charge is 2.32. The fourth-order valence-corrected chi connectivity index (χ4v) is 4.75. The molecule has 0 bridgehead atoms. The molecule has 0 aromatic heterocycles. The normalized spacial score (nSPS) is 11.3. The van der Waals surface area contributed by atoms with Crippen LogP contribution in [0, 0.1) is 0 Å². The molecule has 4 rings (SSSR count). The van der Waals surface area contributed by atoms with E-state index < -0.39 is 0 Å². The number of hydrogen-bond acceptors (Lipinski definition) is 4. The SMILES string of the molecule is CCCCCC(CC)(c1ccc(Oc2ccc(N)cc2)cc1)c1ccc(Oc2ccc(N)cc2)cc1. The summed E-state index contributed by atoms with van der Waals surface area (Å²) in [5.74, 6) is 3.18. The van der Waals surface area contributed by atoms with Crippen LogP contribution in [0.5, 0.6) is 23.0 Å². The van der Waals surface area contributed by atoms with Crippen molar-refractivity contribution in [2.45, 2.75) is 51.4 Å². The zero-order chi connectivity index (χ0) is 25.4. The first-order valence-electron chi connectivity index (χ1n) is 12.8. The number of nitrogens with two attached hydrogens (primary N) is 2. The Morgan fingerprint density at radius 3 is 1.22 bits per heavy atom. The van der Waals surface area contributed by atoms with Crippen LogP contribution in [-0.2, 0) is 5.41 Å². The highest BCUT2D eigenvalue weighted by atomic mass is 16.5. The van der Waals surface area contributed by atoms with Crippen LogP contribution in [0.4, 0.5) is 11.4 Å². The lowest BCUT2D eigenvalue weighted by Crippen LogP contribution is -2.27. The van der Waals surface area contributed by atoms with Gasteiger partial charge in [0.05, 0.1) is 0 Å². The summed E-state index contributed by atoms with van der Waals surface area (Å²) >= 11 is 0. The van der Waals surface area contributed by atoms with Crippen LogP contribution in [0.15, 0.2) is 97.1 Å². The van der Waals surface area contributed by atoms with Gasteiger partial charge in [-0.3, -0.25) is 0 Å². The minimum absolute atomic E-state index is 0.0748. The van der Waals surface area contributed by atoms with E-state index in [9.17, 15) is 0 Å². The Labute approximate surface area is 214 Å². The molecule has 0 fully saturated rings. The van der Waals surface area contributed by atoms with Crippen molar-refractivity contribution in [3.05, 3.63) is 108 Å². The van der Waals surface area contributed by atoms with Gasteiger partial charge in [0.2, 0.25) is 0 Å². The van der Waals surface area contributed by atoms with Crippen molar-refractivity contribution in [2.75, 3.05) is 11.5 Å². The standard InChI is InChI=1S/C32H36N2O2/c1-3-5-6-23-32(4-2,24-7-15-28(16-8-24)35-30-19-11-26(33)12-20-30)25-9-17-29(18-10-25)36-31-21-13-27(34)14-22-31/h7-22H,3-6,23,33-34H2,1-2H3. The molecule has 4 N–H and O–H groups in total. The molecule has 0 saturated heterocycles. The van der Waals surface area contributed by atoms with Gasteiger partial charge in [-0.15, -0.1) is 0 Å². The average Bonchev–Trinajstić information content (AvgIpc) is 2.91. The Balaban J connectivity index is 1.59. The van der Waals surface area contributed by atoms with Crippen LogP contribution in [0.3, 0.4) is 0 Å². The smallest absolute Gasteiger partial charge is 0.127 e. The number of hydrogen-bond donors (Lipinski definition) is 2. The Morgan fingerprint density at radius 2 is 0.889 bits per heavy atom. The Bertz CT molecular complexity index is 1120. The summed E-state index contributed by atoms with van der Waals surface area (Å²) in [5, 5.41) is 0. The van der Waals surface area contributed by atoms with Gasteiger partial charge in [0.15, 0.2) is 0 Å². The first-order valence-corrected chi connectivity index (χ1v) is 12.8. The molecule has 0 atom stereocenters. The first-order chi connectivity index (χ1) is 17.5. The molecule has 0 radical (unpaired) electrons. The fraction of sp³-hybridized carbons (Fsp3) is 0.250. The Morgan fingerprint density at radius 1 is 0.528 bits per heavy atom. The van der Waals surface area contributed by atoms with Crippen molar-refractivity contribution < 1.29 is 9.47 Å². The van der Waals surface area contributed by atoms with E-state index in [1.54, 1.807) is 0 Å². The van der Waals surface area contributed by atoms with E-state index in [2.05, 4.69) is 62.4 Å². The van der Waals surface area contributed by atoms with Gasteiger partial charge in [0.25, 0.3) is 0 Å². The van der Waals surface area contributed by atoms with Crippen molar-refractivity contribution in [2.24, 2.45) is 0 Å². The largest absolute Gasteiger partial charge is 0.457 e. The second kappa shape index (κ2) is 11.7. The molecule has 0 aliphatic heterocycles. The van der Waals surface area contributed by atoms with Gasteiger partial charge in [0.1, 0.15) is 23.0 Å². The van der Waals surface area contributed by atoms with Crippen LogP contribution in [-0.4, -0.2) is 0 Å². The third-order valence-electron chi connectivity index (χ3n) is 6.86. The predicted molar refractivity (Wildman–Crippen MR) is 150 cm³/mol. The molecular formula is C32H36N2O2. The van der Waals surface area contributed by atoms with E-state index >= 15 is 0 Å². The summed E-state index contributed by atoms with van der Waals surface area (Å²) in [6, 6.07) is 32.0. The minimum Gasteiger partial charge on any atom is -0.457 e. The summed E-state index contributed by atoms with van der Waals surface area (Å²) in [6.07, 6.45) is 5.69. The summed E-state index contributed by atoms with van der Waals surface area (Å²) in [5.41, 5.74) is 15.6. The van der Waals surface area contributed by atoms with E-state index in [0.717, 1.165) is 47.2 Å². The molecule has 4 aromatic rings. The molecule has 0 saturated carbocycles. The van der Waals surface area contributed by atoms with Gasteiger partial charge in [-0.25, -0.2) is 0 Å². The molecule has 4 aromatic carbocycles. The van der Waals surface area contributed by atoms with Crippen molar-refractivity contribution in [1.82, 2.24) is 0 Å². The van der Waals surface area contributed by atoms with Crippen molar-refractivity contribution in [3.63, 3.8) is 0 Å². The third kappa shape index (κ3) is 6.01. The molecule has 0 heterocycles. The zero-order valence-corrected chi connectivity index (χ0v) is 21.2. The molecule has 186 valence electrons. The predicted octanol–water partition coefficient (Wildman–Crippen LogP) is 8.71. The average molecular weight is 481 g/mol. The quantitative estimate of drug-likeness (QED) is 0.166. The molecule has 0 unspecified atom stereocenters. The molecule has 36 heavy (non-hydrogen) atoms. The molecule has 0 spiro atoms. The van der Waals surface area contributed by atoms with Gasteiger partial charge in [-0.05, 0) is 96.8 Å². The molecule has 4 heteroatoms. The maximum atomic E-state index is 6.04. The minimum atomic E-state index is -0.0748. The van der Waals surface area contributed by atoms with Gasteiger partial charge in [-0.1, -0.05) is 57.4 Å². The second-order valence-electron chi connectivity index (χ2n) is 9.28. The third-order valence-corrected chi connectivity index (χ3v) is 6.86. The first kappa shape index (κ1) is 25.2. The van der Waals surface area contributed by atoms with Crippen LogP contribution < -0.4 is 20.9 Å². The monoisotopic (exact) mass is 480 g/mol. The van der Waals surface area contributed by atoms with Gasteiger partial charge in [-0.2, -0.15) is 0 Å². The number of nitrogen functional groups attached to an aromatic ring is 2. The summed E-state index contributed by atoms with van der Waals surface area (Å²) in [7, 11) is 0. The number of unbranched alkanes of at least 4 members (excludes halogenated alkanes) is 2. The molecule has 0 aliphatic carbocycles. The number of anilines is 2. The van der Waals surface area contributed by atoms with E-state index in [0.29, 0.717) is 0 Å². The van der Waals surface area contributed by atoms with E-state index in [1.807, 2.05) is 48.5 Å². The van der Waals surface area contributed by atoms with Crippen LogP contribution in [0.1, 0.15) is 57.1 Å². The van der Waals surface area contributed by atoms with E-state index in [4.69, 9.17) is 20.9 Å². The Kier molecular flexibility index (Phi) is 8.17. The lowest BCUT2D eigenvalue weighted by atomic mass is 9.69. The molecule has 4 nitrogen and oxygen atoms in total. The fourth-order valence-electron chi connectivity index (χ4n) is 4.75. The van der Waals surface area contributed by atoms with Crippen molar-refractivity contribution >= 4 is 11.4 Å². The zero-order valence-electron chi connectivity index (χ0n) is 21.2.